The van der Waals surface area contributed by atoms with Gasteiger partial charge in [-0.05, 0) is 41.5 Å². The summed E-state index contributed by atoms with van der Waals surface area (Å²) < 4.78 is 2.17. The van der Waals surface area contributed by atoms with E-state index in [2.05, 4.69) is 76.5 Å². The molecule has 4 nitrogen and oxygen atoms in total. The van der Waals surface area contributed by atoms with Crippen LogP contribution in [0.4, 0.5) is 0 Å². The molecule has 0 saturated heterocycles. The van der Waals surface area contributed by atoms with Gasteiger partial charge in [0, 0.05) is 36.1 Å². The lowest BCUT2D eigenvalue weighted by molar-refractivity contribution is 0.390. The minimum absolute atomic E-state index is 0.428. The molecule has 3 heterocycles. The van der Waals surface area contributed by atoms with Gasteiger partial charge in [-0.2, -0.15) is 5.10 Å². The topological polar surface area (TPSA) is 42.7 Å². The molecule has 128 valence electrons. The molecule has 1 atom stereocenters. The van der Waals surface area contributed by atoms with Crippen LogP contribution in [-0.2, 0) is 13.1 Å². The highest BCUT2D eigenvalue weighted by molar-refractivity contribution is 5.90. The maximum Gasteiger partial charge on any atom is 0.100 e. The Balaban J connectivity index is 1.75. The Hall–Kier alpha value is -2.98. The highest BCUT2D eigenvalue weighted by Gasteiger charge is 2.24. The second-order valence-corrected chi connectivity index (χ2v) is 6.93. The normalized spacial score (nSPS) is 16.6. The first-order valence-electron chi connectivity index (χ1n) is 9.02. The number of hydrogen-bond acceptors (Lipinski definition) is 3. The van der Waals surface area contributed by atoms with Crippen molar-refractivity contribution in [3.8, 4) is 22.4 Å². The Morgan fingerprint density at radius 2 is 1.77 bits per heavy atom. The van der Waals surface area contributed by atoms with Crippen LogP contribution < -0.4 is 5.32 Å². The molecule has 0 radical (unpaired) electrons. The second-order valence-electron chi connectivity index (χ2n) is 6.93. The number of rotatable bonds is 2. The maximum absolute atomic E-state index is 5.01. The van der Waals surface area contributed by atoms with Crippen LogP contribution in [0.15, 0.2) is 67.0 Å². The number of pyridine rings is 1. The van der Waals surface area contributed by atoms with Crippen molar-refractivity contribution < 1.29 is 0 Å². The largest absolute Gasteiger partial charge is 0.307 e. The van der Waals surface area contributed by atoms with Crippen molar-refractivity contribution in [3.05, 3.63) is 72.7 Å². The molecule has 2 aromatic carbocycles. The molecule has 0 amide bonds. The smallest absolute Gasteiger partial charge is 0.100 e. The molecular weight excluding hydrogens is 320 g/mol. The van der Waals surface area contributed by atoms with Gasteiger partial charge < -0.3 is 5.32 Å². The minimum atomic E-state index is 0.428. The molecule has 26 heavy (non-hydrogen) atoms. The summed E-state index contributed by atoms with van der Waals surface area (Å²) in [6, 6.07) is 19.6. The number of nitrogens with zero attached hydrogens (tertiary/aromatic N) is 3. The van der Waals surface area contributed by atoms with E-state index in [1.807, 2.05) is 12.4 Å². The highest BCUT2D eigenvalue weighted by Crippen LogP contribution is 2.36. The summed E-state index contributed by atoms with van der Waals surface area (Å²) in [5.41, 5.74) is 5.83. The third-order valence-electron chi connectivity index (χ3n) is 5.11. The van der Waals surface area contributed by atoms with Crippen molar-refractivity contribution in [3.63, 3.8) is 0 Å². The molecule has 1 unspecified atom stereocenters. The van der Waals surface area contributed by atoms with Crippen molar-refractivity contribution >= 4 is 10.8 Å². The van der Waals surface area contributed by atoms with Crippen LogP contribution in [0.5, 0.6) is 0 Å². The van der Waals surface area contributed by atoms with Gasteiger partial charge in [0.15, 0.2) is 0 Å². The monoisotopic (exact) mass is 340 g/mol. The summed E-state index contributed by atoms with van der Waals surface area (Å²) in [6.45, 7) is 3.92. The molecule has 0 aliphatic carbocycles. The molecule has 1 N–H and O–H groups in total. The SMILES string of the molecule is CC1Cn2nc(-c3ccc4ccccc4c3)c(-c3ccncc3)c2CN1. The molecular formula is C22H20N4. The third kappa shape index (κ3) is 2.50. The Bertz CT molecular complexity index is 1080. The second kappa shape index (κ2) is 6.07. The van der Waals surface area contributed by atoms with E-state index >= 15 is 0 Å². The van der Waals surface area contributed by atoms with Gasteiger partial charge in [0.1, 0.15) is 5.69 Å². The summed E-state index contributed by atoms with van der Waals surface area (Å²) in [6.07, 6.45) is 3.70. The summed E-state index contributed by atoms with van der Waals surface area (Å²) in [4.78, 5) is 4.18. The lowest BCUT2D eigenvalue weighted by Gasteiger charge is -2.22. The zero-order chi connectivity index (χ0) is 17.5. The lowest BCUT2D eigenvalue weighted by Crippen LogP contribution is -2.36. The van der Waals surface area contributed by atoms with E-state index in [1.54, 1.807) is 0 Å². The molecule has 5 rings (SSSR count). The Morgan fingerprint density at radius 1 is 0.962 bits per heavy atom. The van der Waals surface area contributed by atoms with Gasteiger partial charge in [-0.3, -0.25) is 9.67 Å². The van der Waals surface area contributed by atoms with Gasteiger partial charge in [0.2, 0.25) is 0 Å². The molecule has 4 heteroatoms. The van der Waals surface area contributed by atoms with Gasteiger partial charge in [0.05, 0.1) is 12.2 Å². The van der Waals surface area contributed by atoms with Gasteiger partial charge in [-0.25, -0.2) is 0 Å². The van der Waals surface area contributed by atoms with Crippen molar-refractivity contribution in [2.75, 3.05) is 0 Å². The first-order valence-corrected chi connectivity index (χ1v) is 9.02. The predicted molar refractivity (Wildman–Crippen MR) is 105 cm³/mol. The van der Waals surface area contributed by atoms with Crippen molar-refractivity contribution in [2.45, 2.75) is 26.1 Å². The van der Waals surface area contributed by atoms with Gasteiger partial charge in [0.25, 0.3) is 0 Å². The average molecular weight is 340 g/mol. The van der Waals surface area contributed by atoms with Crippen molar-refractivity contribution in [1.82, 2.24) is 20.1 Å². The van der Waals surface area contributed by atoms with Crippen LogP contribution in [-0.4, -0.2) is 20.8 Å². The summed E-state index contributed by atoms with van der Waals surface area (Å²) in [5.74, 6) is 0. The van der Waals surface area contributed by atoms with E-state index in [0.29, 0.717) is 6.04 Å². The summed E-state index contributed by atoms with van der Waals surface area (Å²) in [7, 11) is 0. The Kier molecular flexibility index (Phi) is 3.57. The molecule has 1 aliphatic rings. The molecule has 4 aromatic rings. The molecule has 0 saturated carbocycles. The van der Waals surface area contributed by atoms with E-state index in [-0.39, 0.29) is 0 Å². The summed E-state index contributed by atoms with van der Waals surface area (Å²) in [5, 5.41) is 11.1. The third-order valence-corrected chi connectivity index (χ3v) is 5.11. The van der Waals surface area contributed by atoms with Crippen molar-refractivity contribution in [1.29, 1.82) is 0 Å². The number of nitrogens with one attached hydrogen (secondary N) is 1. The molecule has 0 spiro atoms. The van der Waals surface area contributed by atoms with Crippen LogP contribution in [0.3, 0.4) is 0 Å². The number of benzene rings is 2. The van der Waals surface area contributed by atoms with E-state index in [1.165, 1.54) is 27.6 Å². The fraction of sp³-hybridized carbons (Fsp3) is 0.182. The van der Waals surface area contributed by atoms with Gasteiger partial charge in [-0.15, -0.1) is 0 Å². The molecule has 1 aliphatic heterocycles. The van der Waals surface area contributed by atoms with Crippen LogP contribution in [0.2, 0.25) is 0 Å². The Labute approximate surface area is 152 Å². The molecule has 0 bridgehead atoms. The number of aromatic nitrogens is 3. The van der Waals surface area contributed by atoms with Crippen LogP contribution in [0, 0.1) is 0 Å². The van der Waals surface area contributed by atoms with Crippen LogP contribution in [0.1, 0.15) is 12.6 Å². The van der Waals surface area contributed by atoms with E-state index < -0.39 is 0 Å². The zero-order valence-electron chi connectivity index (χ0n) is 14.7. The zero-order valence-corrected chi connectivity index (χ0v) is 14.7. The quantitative estimate of drug-likeness (QED) is 0.593. The standard InChI is InChI=1S/C22H20N4/c1-15-14-26-20(13-24-15)21(17-8-10-23-11-9-17)22(25-26)19-7-6-16-4-2-3-5-18(16)12-19/h2-12,15,24H,13-14H2,1H3. The van der Waals surface area contributed by atoms with Crippen molar-refractivity contribution in [2.24, 2.45) is 0 Å². The fourth-order valence-corrected chi connectivity index (χ4v) is 3.78. The first-order chi connectivity index (χ1) is 12.8. The fourth-order valence-electron chi connectivity index (χ4n) is 3.78. The number of hydrogen-bond donors (Lipinski definition) is 1. The lowest BCUT2D eigenvalue weighted by atomic mass is 9.97. The van der Waals surface area contributed by atoms with E-state index in [4.69, 9.17) is 5.10 Å². The van der Waals surface area contributed by atoms with Crippen LogP contribution >= 0.6 is 0 Å². The average Bonchev–Trinajstić information content (AvgIpc) is 3.06. The summed E-state index contributed by atoms with van der Waals surface area (Å²) >= 11 is 0. The van der Waals surface area contributed by atoms with E-state index in [0.717, 1.165) is 24.3 Å². The first kappa shape index (κ1) is 15.3. The molecule has 2 aromatic heterocycles. The van der Waals surface area contributed by atoms with Crippen LogP contribution in [0.25, 0.3) is 33.2 Å². The van der Waals surface area contributed by atoms with E-state index in [9.17, 15) is 0 Å². The van der Waals surface area contributed by atoms with Gasteiger partial charge in [-0.1, -0.05) is 36.4 Å². The number of fused-ring (bicyclic) bond motifs is 2. The minimum Gasteiger partial charge on any atom is -0.307 e. The maximum atomic E-state index is 5.01. The van der Waals surface area contributed by atoms with Gasteiger partial charge >= 0.3 is 0 Å². The molecule has 0 fully saturated rings. The predicted octanol–water partition coefficient (Wildman–Crippen LogP) is 4.26. The Morgan fingerprint density at radius 3 is 2.62 bits per heavy atom. The highest BCUT2D eigenvalue weighted by atomic mass is 15.3.